The third-order valence-electron chi connectivity index (χ3n) is 3.30. The SMILES string of the molecule is CCN(CC)CC(C)Nc1cc(OC(C)C)c(F)cc1N. The summed E-state index contributed by atoms with van der Waals surface area (Å²) in [7, 11) is 0. The molecule has 5 heteroatoms. The molecule has 0 aromatic heterocycles. The Morgan fingerprint density at radius 2 is 1.86 bits per heavy atom. The molecule has 1 aromatic carbocycles. The van der Waals surface area contributed by atoms with Crippen molar-refractivity contribution in [1.82, 2.24) is 4.90 Å². The van der Waals surface area contributed by atoms with Gasteiger partial charge in [-0.05, 0) is 33.9 Å². The smallest absolute Gasteiger partial charge is 0.167 e. The number of halogens is 1. The number of anilines is 2. The first-order valence-corrected chi connectivity index (χ1v) is 7.61. The number of hydrogen-bond donors (Lipinski definition) is 2. The van der Waals surface area contributed by atoms with Gasteiger partial charge in [0.1, 0.15) is 0 Å². The van der Waals surface area contributed by atoms with Gasteiger partial charge < -0.3 is 20.7 Å². The second-order valence-corrected chi connectivity index (χ2v) is 5.57. The predicted octanol–water partition coefficient (Wildman–Crippen LogP) is 3.34. The zero-order valence-electron chi connectivity index (χ0n) is 13.7. The average Bonchev–Trinajstić information content (AvgIpc) is 2.41. The van der Waals surface area contributed by atoms with Crippen molar-refractivity contribution < 1.29 is 9.13 Å². The molecule has 1 unspecified atom stereocenters. The number of nitrogens with two attached hydrogens (primary N) is 1. The third-order valence-corrected chi connectivity index (χ3v) is 3.30. The Balaban J connectivity index is 2.82. The van der Waals surface area contributed by atoms with Crippen LogP contribution < -0.4 is 15.8 Å². The second-order valence-electron chi connectivity index (χ2n) is 5.57. The molecule has 0 aliphatic carbocycles. The minimum Gasteiger partial charge on any atom is -0.488 e. The van der Waals surface area contributed by atoms with Crippen LogP contribution in [0.1, 0.15) is 34.6 Å². The predicted molar refractivity (Wildman–Crippen MR) is 87.4 cm³/mol. The molecule has 0 saturated carbocycles. The van der Waals surface area contributed by atoms with Crippen LogP contribution >= 0.6 is 0 Å². The molecule has 0 bridgehead atoms. The molecule has 1 aromatic rings. The molecule has 0 saturated heterocycles. The highest BCUT2D eigenvalue weighted by atomic mass is 19.1. The molecule has 0 radical (unpaired) electrons. The lowest BCUT2D eigenvalue weighted by Crippen LogP contribution is -2.34. The van der Waals surface area contributed by atoms with Crippen molar-refractivity contribution in [1.29, 1.82) is 0 Å². The standard InChI is InChI=1S/C16H28FN3O/c1-6-20(7-2)10-12(5)19-15-9-16(21-11(3)4)13(17)8-14(15)18/h8-9,11-12,19H,6-7,10,18H2,1-5H3. The van der Waals surface area contributed by atoms with Crippen LogP contribution in [-0.2, 0) is 0 Å². The molecule has 3 N–H and O–H groups in total. The molecule has 0 amide bonds. The van der Waals surface area contributed by atoms with Gasteiger partial charge in [-0.1, -0.05) is 13.8 Å². The Morgan fingerprint density at radius 3 is 2.38 bits per heavy atom. The van der Waals surface area contributed by atoms with Crippen LogP contribution in [0.15, 0.2) is 12.1 Å². The van der Waals surface area contributed by atoms with Crippen molar-refractivity contribution in [3.63, 3.8) is 0 Å². The van der Waals surface area contributed by atoms with E-state index in [4.69, 9.17) is 10.5 Å². The van der Waals surface area contributed by atoms with Crippen LogP contribution in [0.25, 0.3) is 0 Å². The molecule has 4 nitrogen and oxygen atoms in total. The maximum absolute atomic E-state index is 13.8. The number of ether oxygens (including phenoxy) is 1. The Hall–Kier alpha value is -1.49. The topological polar surface area (TPSA) is 50.5 Å². The molecular formula is C16H28FN3O. The molecule has 0 aliphatic heterocycles. The minimum atomic E-state index is -0.428. The minimum absolute atomic E-state index is 0.0796. The van der Waals surface area contributed by atoms with E-state index in [-0.39, 0.29) is 17.9 Å². The lowest BCUT2D eigenvalue weighted by Gasteiger charge is -2.25. The quantitative estimate of drug-likeness (QED) is 0.723. The summed E-state index contributed by atoms with van der Waals surface area (Å²) in [6.45, 7) is 13.0. The Morgan fingerprint density at radius 1 is 1.24 bits per heavy atom. The summed E-state index contributed by atoms with van der Waals surface area (Å²) in [5, 5.41) is 3.34. The fourth-order valence-corrected chi connectivity index (χ4v) is 2.22. The van der Waals surface area contributed by atoms with Crippen LogP contribution in [0, 0.1) is 5.82 Å². The summed E-state index contributed by atoms with van der Waals surface area (Å²) in [4.78, 5) is 2.32. The normalized spacial score (nSPS) is 12.8. The first kappa shape index (κ1) is 17.6. The summed E-state index contributed by atoms with van der Waals surface area (Å²) in [6.07, 6.45) is -0.0796. The van der Waals surface area contributed by atoms with Crippen molar-refractivity contribution in [2.45, 2.75) is 46.8 Å². The zero-order chi connectivity index (χ0) is 16.0. The van der Waals surface area contributed by atoms with E-state index in [9.17, 15) is 4.39 Å². The number of nitrogens with zero attached hydrogens (tertiary/aromatic N) is 1. The van der Waals surface area contributed by atoms with Crippen molar-refractivity contribution in [2.75, 3.05) is 30.7 Å². The lowest BCUT2D eigenvalue weighted by atomic mass is 10.2. The lowest BCUT2D eigenvalue weighted by molar-refractivity contribution is 0.231. The molecule has 1 rings (SSSR count). The number of nitrogen functional groups attached to an aromatic ring is 1. The molecule has 0 heterocycles. The first-order chi connectivity index (χ1) is 9.87. The molecule has 120 valence electrons. The monoisotopic (exact) mass is 297 g/mol. The van der Waals surface area contributed by atoms with E-state index in [2.05, 4.69) is 31.0 Å². The Bertz CT molecular complexity index is 447. The van der Waals surface area contributed by atoms with Crippen LogP contribution in [0.4, 0.5) is 15.8 Å². The van der Waals surface area contributed by atoms with Crippen molar-refractivity contribution in [2.24, 2.45) is 0 Å². The number of nitrogens with one attached hydrogen (secondary N) is 1. The van der Waals surface area contributed by atoms with Gasteiger partial charge in [-0.25, -0.2) is 4.39 Å². The second kappa shape index (κ2) is 8.08. The number of likely N-dealkylation sites (N-methyl/N-ethyl adjacent to an activating group) is 1. The summed E-state index contributed by atoms with van der Waals surface area (Å²) in [5.74, 6) is -0.195. The molecule has 1 atom stereocenters. The van der Waals surface area contributed by atoms with Crippen molar-refractivity contribution in [3.05, 3.63) is 17.9 Å². The van der Waals surface area contributed by atoms with Gasteiger partial charge in [0.2, 0.25) is 0 Å². The van der Waals surface area contributed by atoms with E-state index in [1.807, 2.05) is 13.8 Å². The summed E-state index contributed by atoms with van der Waals surface area (Å²) in [6, 6.07) is 3.16. The van der Waals surface area contributed by atoms with Crippen LogP contribution in [0.2, 0.25) is 0 Å². The van der Waals surface area contributed by atoms with Crippen LogP contribution in [-0.4, -0.2) is 36.7 Å². The highest BCUT2D eigenvalue weighted by molar-refractivity contribution is 5.69. The van der Waals surface area contributed by atoms with Gasteiger partial charge in [0, 0.05) is 24.7 Å². The van der Waals surface area contributed by atoms with E-state index in [1.54, 1.807) is 6.07 Å². The van der Waals surface area contributed by atoms with Gasteiger partial charge in [0.25, 0.3) is 0 Å². The average molecular weight is 297 g/mol. The Labute approximate surface area is 127 Å². The third kappa shape index (κ3) is 5.42. The highest BCUT2D eigenvalue weighted by Crippen LogP contribution is 2.29. The molecule has 0 spiro atoms. The van der Waals surface area contributed by atoms with Gasteiger partial charge in [-0.15, -0.1) is 0 Å². The maximum Gasteiger partial charge on any atom is 0.167 e. The summed E-state index contributed by atoms with van der Waals surface area (Å²) in [5.41, 5.74) is 7.01. The number of rotatable bonds is 8. The molecule has 21 heavy (non-hydrogen) atoms. The van der Waals surface area contributed by atoms with Crippen LogP contribution in [0.3, 0.4) is 0 Å². The summed E-state index contributed by atoms with van der Waals surface area (Å²) < 4.78 is 19.3. The van der Waals surface area contributed by atoms with E-state index < -0.39 is 5.82 Å². The van der Waals surface area contributed by atoms with Gasteiger partial charge in [-0.2, -0.15) is 0 Å². The fraction of sp³-hybridized carbons (Fsp3) is 0.625. The molecule has 0 fully saturated rings. The summed E-state index contributed by atoms with van der Waals surface area (Å²) >= 11 is 0. The van der Waals surface area contributed by atoms with Gasteiger partial charge in [-0.3, -0.25) is 0 Å². The van der Waals surface area contributed by atoms with E-state index in [0.717, 1.165) is 19.6 Å². The molecule has 0 aliphatic rings. The zero-order valence-corrected chi connectivity index (χ0v) is 13.7. The van der Waals surface area contributed by atoms with E-state index in [0.29, 0.717) is 11.4 Å². The highest BCUT2D eigenvalue weighted by Gasteiger charge is 2.13. The largest absolute Gasteiger partial charge is 0.488 e. The van der Waals surface area contributed by atoms with Gasteiger partial charge >= 0.3 is 0 Å². The van der Waals surface area contributed by atoms with Crippen LogP contribution in [0.5, 0.6) is 5.75 Å². The molecular weight excluding hydrogens is 269 g/mol. The first-order valence-electron chi connectivity index (χ1n) is 7.61. The fourth-order valence-electron chi connectivity index (χ4n) is 2.22. The maximum atomic E-state index is 13.8. The van der Waals surface area contributed by atoms with Gasteiger partial charge in [0.15, 0.2) is 11.6 Å². The van der Waals surface area contributed by atoms with Crippen molar-refractivity contribution in [3.8, 4) is 5.75 Å². The number of hydrogen-bond acceptors (Lipinski definition) is 4. The Kier molecular flexibility index (Phi) is 6.75. The van der Waals surface area contributed by atoms with Gasteiger partial charge in [0.05, 0.1) is 17.5 Å². The van der Waals surface area contributed by atoms with E-state index >= 15 is 0 Å². The number of benzene rings is 1. The van der Waals surface area contributed by atoms with E-state index in [1.165, 1.54) is 6.07 Å². The van der Waals surface area contributed by atoms with Crippen molar-refractivity contribution >= 4 is 11.4 Å².